The van der Waals surface area contributed by atoms with Gasteiger partial charge in [-0.3, -0.25) is 9.82 Å². The molecule has 0 saturated carbocycles. The smallest absolute Gasteiger partial charge is 0.264 e. The van der Waals surface area contributed by atoms with Gasteiger partial charge in [-0.05, 0) is 24.6 Å². The molecule has 0 atom stereocenters. The van der Waals surface area contributed by atoms with E-state index in [1.807, 2.05) is 0 Å². The summed E-state index contributed by atoms with van der Waals surface area (Å²) >= 11 is 0. The molecule has 2 rings (SSSR count). The van der Waals surface area contributed by atoms with E-state index in [0.717, 1.165) is 18.2 Å². The van der Waals surface area contributed by atoms with Crippen molar-refractivity contribution < 1.29 is 21.6 Å². The van der Waals surface area contributed by atoms with Crippen LogP contribution in [0.25, 0.3) is 0 Å². The second-order valence-corrected chi connectivity index (χ2v) is 5.94. The summed E-state index contributed by atoms with van der Waals surface area (Å²) in [5, 5.41) is 6.16. The van der Waals surface area contributed by atoms with Crippen molar-refractivity contribution in [3.8, 4) is 0 Å². The summed E-state index contributed by atoms with van der Waals surface area (Å²) in [6.45, 7) is 1.80. The fourth-order valence-electron chi connectivity index (χ4n) is 1.70. The molecular weight excluding hydrogens is 307 g/mol. The maximum Gasteiger partial charge on any atom is 0.416 e. The molecule has 0 fully saturated rings. The summed E-state index contributed by atoms with van der Waals surface area (Å²) < 4.78 is 64.3. The molecule has 5 nitrogen and oxygen atoms in total. The van der Waals surface area contributed by atoms with Gasteiger partial charge in [0.2, 0.25) is 0 Å². The Morgan fingerprint density at radius 1 is 1.33 bits per heavy atom. The molecule has 1 aromatic heterocycles. The first kappa shape index (κ1) is 15.4. The first-order chi connectivity index (χ1) is 9.74. The second-order valence-electron chi connectivity index (χ2n) is 4.25. The Hall–Kier alpha value is -2.03. The van der Waals surface area contributed by atoms with E-state index in [-0.39, 0.29) is 5.82 Å². The summed E-state index contributed by atoms with van der Waals surface area (Å²) in [5.74, 6) is 0.148. The third kappa shape index (κ3) is 3.35. The fraction of sp³-hybridized carbons (Fsp3) is 0.250. The number of alkyl halides is 3. The number of aryl methyl sites for hydroxylation is 1. The molecule has 1 heterocycles. The van der Waals surface area contributed by atoms with Gasteiger partial charge in [-0.25, -0.2) is 8.42 Å². The quantitative estimate of drug-likeness (QED) is 0.910. The molecule has 2 N–H and O–H groups in total. The number of aromatic nitrogens is 2. The highest BCUT2D eigenvalue weighted by molar-refractivity contribution is 7.92. The lowest BCUT2D eigenvalue weighted by Gasteiger charge is -2.10. The Balaban J connectivity index is 2.36. The van der Waals surface area contributed by atoms with E-state index in [9.17, 15) is 21.6 Å². The van der Waals surface area contributed by atoms with Gasteiger partial charge in [-0.1, -0.05) is 13.0 Å². The van der Waals surface area contributed by atoms with Gasteiger partial charge in [0.25, 0.3) is 10.0 Å². The predicted octanol–water partition coefficient (Wildman–Crippen LogP) is 2.79. The zero-order valence-electron chi connectivity index (χ0n) is 10.9. The van der Waals surface area contributed by atoms with Gasteiger partial charge in [0.15, 0.2) is 0 Å². The van der Waals surface area contributed by atoms with E-state index in [1.165, 1.54) is 6.20 Å². The zero-order chi connectivity index (χ0) is 15.7. The van der Waals surface area contributed by atoms with Crippen molar-refractivity contribution in [2.45, 2.75) is 24.4 Å². The number of anilines is 1. The van der Waals surface area contributed by atoms with Crippen molar-refractivity contribution in [1.82, 2.24) is 10.2 Å². The lowest BCUT2D eigenvalue weighted by molar-refractivity contribution is -0.137. The molecule has 0 aliphatic rings. The molecule has 0 amide bonds. The molecular formula is C12H12F3N3O2S. The summed E-state index contributed by atoms with van der Waals surface area (Å²) in [5.41, 5.74) is -0.406. The Bertz CT molecular complexity index is 738. The van der Waals surface area contributed by atoms with E-state index in [2.05, 4.69) is 14.9 Å². The largest absolute Gasteiger partial charge is 0.416 e. The van der Waals surface area contributed by atoms with Gasteiger partial charge in [-0.2, -0.15) is 18.3 Å². The van der Waals surface area contributed by atoms with Crippen LogP contribution in [0.4, 0.5) is 19.0 Å². The van der Waals surface area contributed by atoms with Gasteiger partial charge < -0.3 is 0 Å². The average molecular weight is 319 g/mol. The normalized spacial score (nSPS) is 12.4. The number of benzene rings is 1. The van der Waals surface area contributed by atoms with Crippen LogP contribution in [0.5, 0.6) is 0 Å². The number of sulfonamides is 1. The third-order valence-electron chi connectivity index (χ3n) is 2.81. The minimum absolute atomic E-state index is 0.148. The number of nitrogens with zero attached hydrogens (tertiary/aromatic N) is 1. The third-order valence-corrected chi connectivity index (χ3v) is 4.15. The summed E-state index contributed by atoms with van der Waals surface area (Å²) in [6, 6.07) is 3.54. The molecule has 0 unspecified atom stereocenters. The Kier molecular flexibility index (Phi) is 3.95. The van der Waals surface area contributed by atoms with E-state index >= 15 is 0 Å². The minimum atomic E-state index is -4.60. The number of aromatic amines is 1. The number of hydrogen-bond acceptors (Lipinski definition) is 3. The van der Waals surface area contributed by atoms with Crippen LogP contribution in [-0.2, 0) is 22.6 Å². The minimum Gasteiger partial charge on any atom is -0.264 e. The van der Waals surface area contributed by atoms with Crippen molar-refractivity contribution >= 4 is 15.8 Å². The highest BCUT2D eigenvalue weighted by Crippen LogP contribution is 2.30. The highest BCUT2D eigenvalue weighted by Gasteiger charge is 2.31. The van der Waals surface area contributed by atoms with Crippen molar-refractivity contribution in [1.29, 1.82) is 0 Å². The first-order valence-corrected chi connectivity index (χ1v) is 7.44. The van der Waals surface area contributed by atoms with Crippen LogP contribution in [0, 0.1) is 0 Å². The molecule has 0 saturated heterocycles. The highest BCUT2D eigenvalue weighted by atomic mass is 32.2. The van der Waals surface area contributed by atoms with Crippen LogP contribution in [0.15, 0.2) is 35.4 Å². The molecule has 21 heavy (non-hydrogen) atoms. The Morgan fingerprint density at radius 3 is 2.67 bits per heavy atom. The van der Waals surface area contributed by atoms with Crippen LogP contribution in [0.1, 0.15) is 18.1 Å². The summed E-state index contributed by atoms with van der Waals surface area (Å²) in [7, 11) is -4.12. The summed E-state index contributed by atoms with van der Waals surface area (Å²) in [6.07, 6.45) is -2.63. The van der Waals surface area contributed by atoms with Crippen LogP contribution in [0.2, 0.25) is 0 Å². The molecule has 1 aromatic carbocycles. The molecule has 9 heteroatoms. The Labute approximate surface area is 119 Å². The van der Waals surface area contributed by atoms with Gasteiger partial charge >= 0.3 is 6.18 Å². The molecule has 0 spiro atoms. The molecule has 114 valence electrons. The van der Waals surface area contributed by atoms with Crippen molar-refractivity contribution in [2.75, 3.05) is 4.72 Å². The van der Waals surface area contributed by atoms with Crippen LogP contribution in [-0.4, -0.2) is 18.6 Å². The number of H-pyrrole nitrogens is 1. The van der Waals surface area contributed by atoms with E-state index in [4.69, 9.17) is 0 Å². The standard InChI is InChI=1S/C12H12F3N3O2S/c1-2-8-7-16-17-11(8)18-21(19,20)10-5-3-4-9(6-10)12(13,14)15/h3-7H,2H2,1H3,(H2,16,17,18). The van der Waals surface area contributed by atoms with E-state index in [1.54, 1.807) is 6.92 Å². The second kappa shape index (κ2) is 5.40. The van der Waals surface area contributed by atoms with Gasteiger partial charge in [0.05, 0.1) is 16.7 Å². The van der Waals surface area contributed by atoms with E-state index < -0.39 is 26.7 Å². The molecule has 0 bridgehead atoms. The maximum atomic E-state index is 12.6. The predicted molar refractivity (Wildman–Crippen MR) is 70.2 cm³/mol. The van der Waals surface area contributed by atoms with Crippen molar-refractivity contribution in [3.05, 3.63) is 41.6 Å². The monoisotopic (exact) mass is 319 g/mol. The zero-order valence-corrected chi connectivity index (χ0v) is 11.7. The molecule has 0 radical (unpaired) electrons. The lowest BCUT2D eigenvalue weighted by atomic mass is 10.2. The first-order valence-electron chi connectivity index (χ1n) is 5.96. The van der Waals surface area contributed by atoms with Crippen molar-refractivity contribution in [3.63, 3.8) is 0 Å². The van der Waals surface area contributed by atoms with Gasteiger partial charge in [0.1, 0.15) is 5.82 Å². The molecule has 2 aromatic rings. The SMILES string of the molecule is CCc1cn[nH]c1NS(=O)(=O)c1cccc(C(F)(F)F)c1. The van der Waals surface area contributed by atoms with Crippen LogP contribution >= 0.6 is 0 Å². The number of hydrogen-bond donors (Lipinski definition) is 2. The summed E-state index contributed by atoms with van der Waals surface area (Å²) in [4.78, 5) is -0.464. The van der Waals surface area contributed by atoms with Crippen LogP contribution < -0.4 is 4.72 Å². The van der Waals surface area contributed by atoms with Crippen molar-refractivity contribution in [2.24, 2.45) is 0 Å². The molecule has 0 aliphatic heterocycles. The van der Waals surface area contributed by atoms with Crippen LogP contribution in [0.3, 0.4) is 0 Å². The number of rotatable bonds is 4. The molecule has 0 aliphatic carbocycles. The van der Waals surface area contributed by atoms with Gasteiger partial charge in [-0.15, -0.1) is 0 Å². The van der Waals surface area contributed by atoms with Gasteiger partial charge in [0, 0.05) is 5.56 Å². The topological polar surface area (TPSA) is 74.8 Å². The Morgan fingerprint density at radius 2 is 2.05 bits per heavy atom. The van der Waals surface area contributed by atoms with E-state index in [0.29, 0.717) is 18.1 Å². The maximum absolute atomic E-state index is 12.6. The average Bonchev–Trinajstić information content (AvgIpc) is 2.84. The lowest BCUT2D eigenvalue weighted by Crippen LogP contribution is -2.15. The fourth-order valence-corrected chi connectivity index (χ4v) is 2.80. The number of nitrogens with one attached hydrogen (secondary N) is 2. The number of halogens is 3.